The van der Waals surface area contributed by atoms with Crippen LogP contribution in [0.2, 0.25) is 0 Å². The van der Waals surface area contributed by atoms with E-state index in [1.54, 1.807) is 11.6 Å². The van der Waals surface area contributed by atoms with Crippen LogP contribution in [0.4, 0.5) is 8.78 Å². The Balaban J connectivity index is 2.97. The van der Waals surface area contributed by atoms with Crippen LogP contribution in [0, 0.1) is 0 Å². The molecule has 1 aromatic rings. The number of aromatic nitrogens is 2. The molecule has 0 fully saturated rings. The van der Waals surface area contributed by atoms with E-state index in [0.717, 1.165) is 0 Å². The van der Waals surface area contributed by atoms with Crippen LogP contribution in [0.15, 0.2) is 12.5 Å². The molecule has 5 heteroatoms. The Morgan fingerprint density at radius 2 is 2.25 bits per heavy atom. The molecule has 68 valence electrons. The van der Waals surface area contributed by atoms with Crippen LogP contribution in [-0.2, 0) is 12.6 Å². The summed E-state index contributed by atoms with van der Waals surface area (Å²) in [6, 6.07) is 0. The van der Waals surface area contributed by atoms with Gasteiger partial charge in [0.15, 0.2) is 0 Å². The predicted molar refractivity (Wildman–Crippen MR) is 40.8 cm³/mol. The molecule has 0 bridgehead atoms. The molecule has 0 aliphatic heterocycles. The molecule has 1 aromatic heterocycles. The SMILES string of the molecule is Cn1cnc(C(C)(N)C(F)F)c1. The summed E-state index contributed by atoms with van der Waals surface area (Å²) in [6.45, 7) is 1.26. The number of alkyl halides is 2. The Labute approximate surface area is 69.2 Å². The van der Waals surface area contributed by atoms with Crippen LogP contribution in [0.1, 0.15) is 12.6 Å². The van der Waals surface area contributed by atoms with Crippen LogP contribution >= 0.6 is 0 Å². The van der Waals surface area contributed by atoms with Gasteiger partial charge >= 0.3 is 0 Å². The van der Waals surface area contributed by atoms with Gasteiger partial charge in [-0.1, -0.05) is 0 Å². The summed E-state index contributed by atoms with van der Waals surface area (Å²) >= 11 is 0. The largest absolute Gasteiger partial charge is 0.340 e. The first-order chi connectivity index (χ1) is 5.44. The lowest BCUT2D eigenvalue weighted by Gasteiger charge is -2.20. The highest BCUT2D eigenvalue weighted by molar-refractivity contribution is 5.11. The number of rotatable bonds is 2. The molecule has 0 saturated heterocycles. The van der Waals surface area contributed by atoms with Gasteiger partial charge in [0.25, 0.3) is 6.43 Å². The van der Waals surface area contributed by atoms with Crippen molar-refractivity contribution in [1.29, 1.82) is 0 Å². The zero-order valence-corrected chi connectivity index (χ0v) is 6.96. The van der Waals surface area contributed by atoms with Gasteiger partial charge in [0.2, 0.25) is 0 Å². The lowest BCUT2D eigenvalue weighted by Crippen LogP contribution is -2.40. The van der Waals surface area contributed by atoms with E-state index >= 15 is 0 Å². The summed E-state index contributed by atoms with van der Waals surface area (Å²) in [6.07, 6.45) is 0.335. The van der Waals surface area contributed by atoms with Gasteiger partial charge in [-0.05, 0) is 6.92 Å². The fourth-order valence-electron chi connectivity index (χ4n) is 0.803. The second kappa shape index (κ2) is 2.82. The molecule has 1 rings (SSSR count). The molecule has 0 amide bonds. The first-order valence-electron chi connectivity index (χ1n) is 3.50. The average molecular weight is 175 g/mol. The molecule has 0 saturated carbocycles. The van der Waals surface area contributed by atoms with Crippen molar-refractivity contribution in [1.82, 2.24) is 9.55 Å². The number of hydrogen-bond donors (Lipinski definition) is 1. The van der Waals surface area contributed by atoms with Crippen molar-refractivity contribution in [2.75, 3.05) is 0 Å². The summed E-state index contributed by atoms with van der Waals surface area (Å²) in [4.78, 5) is 3.77. The third-order valence-electron chi connectivity index (χ3n) is 1.71. The maximum Gasteiger partial charge on any atom is 0.261 e. The van der Waals surface area contributed by atoms with E-state index < -0.39 is 12.0 Å². The van der Waals surface area contributed by atoms with Crippen molar-refractivity contribution >= 4 is 0 Å². The Morgan fingerprint density at radius 1 is 1.67 bits per heavy atom. The minimum absolute atomic E-state index is 0.208. The summed E-state index contributed by atoms with van der Waals surface area (Å²) in [5, 5.41) is 0. The molecule has 0 spiro atoms. The van der Waals surface area contributed by atoms with Gasteiger partial charge in [-0.2, -0.15) is 0 Å². The molecule has 0 aliphatic carbocycles. The zero-order chi connectivity index (χ0) is 9.35. The number of nitrogens with zero attached hydrogens (tertiary/aromatic N) is 2. The zero-order valence-electron chi connectivity index (χ0n) is 6.96. The number of aryl methyl sites for hydroxylation is 1. The molecular weight excluding hydrogens is 164 g/mol. The summed E-state index contributed by atoms with van der Waals surface area (Å²) in [7, 11) is 1.71. The smallest absolute Gasteiger partial charge is 0.261 e. The molecule has 0 radical (unpaired) electrons. The van der Waals surface area contributed by atoms with Crippen molar-refractivity contribution in [2.45, 2.75) is 18.9 Å². The quantitative estimate of drug-likeness (QED) is 0.724. The lowest BCUT2D eigenvalue weighted by molar-refractivity contribution is 0.0603. The van der Waals surface area contributed by atoms with Crippen molar-refractivity contribution < 1.29 is 8.78 Å². The number of hydrogen-bond acceptors (Lipinski definition) is 2. The predicted octanol–water partition coefficient (Wildman–Crippen LogP) is 0.859. The van der Waals surface area contributed by atoms with Crippen LogP contribution in [-0.4, -0.2) is 16.0 Å². The monoisotopic (exact) mass is 175 g/mol. The van der Waals surface area contributed by atoms with Crippen molar-refractivity contribution in [2.24, 2.45) is 12.8 Å². The molecule has 1 atom stereocenters. The topological polar surface area (TPSA) is 43.8 Å². The van der Waals surface area contributed by atoms with Crippen molar-refractivity contribution in [3.05, 3.63) is 18.2 Å². The molecule has 0 aromatic carbocycles. The highest BCUT2D eigenvalue weighted by Crippen LogP contribution is 2.22. The van der Waals surface area contributed by atoms with Gasteiger partial charge in [-0.15, -0.1) is 0 Å². The first kappa shape index (κ1) is 9.12. The minimum Gasteiger partial charge on any atom is -0.340 e. The fraction of sp³-hybridized carbons (Fsp3) is 0.571. The Hall–Kier alpha value is -0.970. The second-order valence-corrected chi connectivity index (χ2v) is 3.01. The van der Waals surface area contributed by atoms with Crippen LogP contribution in [0.3, 0.4) is 0 Å². The molecule has 3 nitrogen and oxygen atoms in total. The fourth-order valence-corrected chi connectivity index (χ4v) is 0.803. The number of nitrogens with two attached hydrogens (primary N) is 1. The Kier molecular flexibility index (Phi) is 2.14. The lowest BCUT2D eigenvalue weighted by atomic mass is 10.0. The summed E-state index contributed by atoms with van der Waals surface area (Å²) < 4.78 is 26.3. The molecule has 12 heavy (non-hydrogen) atoms. The van der Waals surface area contributed by atoms with E-state index in [4.69, 9.17) is 5.73 Å². The number of imidazole rings is 1. The van der Waals surface area contributed by atoms with Gasteiger partial charge in [-0.25, -0.2) is 13.8 Å². The molecule has 1 heterocycles. The highest BCUT2D eigenvalue weighted by Gasteiger charge is 2.34. The number of halogens is 2. The molecule has 2 N–H and O–H groups in total. The third kappa shape index (κ3) is 1.45. The van der Waals surface area contributed by atoms with Crippen LogP contribution < -0.4 is 5.73 Å². The molecule has 1 unspecified atom stereocenters. The first-order valence-corrected chi connectivity index (χ1v) is 3.50. The van der Waals surface area contributed by atoms with E-state index in [1.807, 2.05) is 0 Å². The van der Waals surface area contributed by atoms with Gasteiger partial charge in [0.1, 0.15) is 5.54 Å². The van der Waals surface area contributed by atoms with Gasteiger partial charge < -0.3 is 10.3 Å². The van der Waals surface area contributed by atoms with Gasteiger partial charge in [0, 0.05) is 13.2 Å². The summed E-state index contributed by atoms with van der Waals surface area (Å²) in [5.41, 5.74) is 3.93. The minimum atomic E-state index is -2.60. The van der Waals surface area contributed by atoms with Crippen LogP contribution in [0.5, 0.6) is 0 Å². The van der Waals surface area contributed by atoms with E-state index in [-0.39, 0.29) is 5.69 Å². The summed E-state index contributed by atoms with van der Waals surface area (Å²) in [5.74, 6) is 0. The van der Waals surface area contributed by atoms with Crippen molar-refractivity contribution in [3.8, 4) is 0 Å². The van der Waals surface area contributed by atoms with Gasteiger partial charge in [-0.3, -0.25) is 0 Å². The van der Waals surface area contributed by atoms with Crippen LogP contribution in [0.25, 0.3) is 0 Å². The van der Waals surface area contributed by atoms with Gasteiger partial charge in [0.05, 0.1) is 12.0 Å². The molecule has 0 aliphatic rings. The maximum atomic E-state index is 12.3. The average Bonchev–Trinajstić information content (AvgIpc) is 2.35. The van der Waals surface area contributed by atoms with E-state index in [2.05, 4.69) is 4.98 Å². The van der Waals surface area contributed by atoms with E-state index in [0.29, 0.717) is 0 Å². The van der Waals surface area contributed by atoms with E-state index in [1.165, 1.54) is 19.4 Å². The Bertz CT molecular complexity index is 267. The third-order valence-corrected chi connectivity index (χ3v) is 1.71. The Morgan fingerprint density at radius 3 is 2.58 bits per heavy atom. The maximum absolute atomic E-state index is 12.3. The van der Waals surface area contributed by atoms with Crippen molar-refractivity contribution in [3.63, 3.8) is 0 Å². The standard InChI is InChI=1S/C7H11F2N3/c1-7(10,6(8)9)5-3-12(2)4-11-5/h3-4,6H,10H2,1-2H3. The second-order valence-electron chi connectivity index (χ2n) is 3.01. The molecular formula is C7H11F2N3. The van der Waals surface area contributed by atoms with E-state index in [9.17, 15) is 8.78 Å². The normalized spacial score (nSPS) is 16.5. The highest BCUT2D eigenvalue weighted by atomic mass is 19.3.